The van der Waals surface area contributed by atoms with Gasteiger partial charge >= 0.3 is 0 Å². The predicted molar refractivity (Wildman–Crippen MR) is 79.4 cm³/mol. The first-order valence-electron chi connectivity index (χ1n) is 7.52. The number of aromatic nitrogens is 2. The quantitative estimate of drug-likeness (QED) is 0.931. The van der Waals surface area contributed by atoms with E-state index in [0.29, 0.717) is 12.0 Å². The molecule has 1 fully saturated rings. The Morgan fingerprint density at radius 1 is 1.35 bits per heavy atom. The zero-order valence-electron chi connectivity index (χ0n) is 12.2. The van der Waals surface area contributed by atoms with Crippen LogP contribution in [0.25, 0.3) is 11.0 Å². The molecule has 1 aliphatic rings. The average molecular weight is 275 g/mol. The maximum atomic E-state index is 13.5. The first-order chi connectivity index (χ1) is 9.65. The van der Waals surface area contributed by atoms with E-state index in [9.17, 15) is 4.39 Å². The molecule has 1 saturated heterocycles. The molecule has 0 bridgehead atoms. The van der Waals surface area contributed by atoms with Gasteiger partial charge in [-0.1, -0.05) is 0 Å². The first-order valence-corrected chi connectivity index (χ1v) is 7.52. The Kier molecular flexibility index (Phi) is 3.74. The van der Waals surface area contributed by atoms with E-state index >= 15 is 0 Å². The van der Waals surface area contributed by atoms with Crippen LogP contribution in [0.2, 0.25) is 0 Å². The summed E-state index contributed by atoms with van der Waals surface area (Å²) in [5.74, 6) is 1.61. The van der Waals surface area contributed by atoms with Crippen molar-refractivity contribution >= 4 is 11.0 Å². The maximum Gasteiger partial charge on any atom is 0.125 e. The first kappa shape index (κ1) is 13.6. The molecule has 108 valence electrons. The van der Waals surface area contributed by atoms with Crippen molar-refractivity contribution in [3.8, 4) is 0 Å². The molecule has 20 heavy (non-hydrogen) atoms. The van der Waals surface area contributed by atoms with Crippen molar-refractivity contribution in [1.82, 2.24) is 14.9 Å². The molecule has 0 atom stereocenters. The summed E-state index contributed by atoms with van der Waals surface area (Å²) in [4.78, 5) is 4.75. The second kappa shape index (κ2) is 5.52. The topological polar surface area (TPSA) is 29.9 Å². The molecule has 4 heteroatoms. The van der Waals surface area contributed by atoms with Crippen LogP contribution in [0.5, 0.6) is 0 Å². The number of fused-ring (bicyclic) bond motifs is 1. The third-order valence-corrected chi connectivity index (χ3v) is 4.17. The van der Waals surface area contributed by atoms with Crippen LogP contribution < -0.4 is 5.32 Å². The van der Waals surface area contributed by atoms with Crippen LogP contribution in [0.3, 0.4) is 0 Å². The van der Waals surface area contributed by atoms with Crippen LogP contribution in [0.15, 0.2) is 18.2 Å². The normalized spacial score (nSPS) is 17.2. The number of benzene rings is 1. The van der Waals surface area contributed by atoms with Gasteiger partial charge in [-0.3, -0.25) is 0 Å². The second-order valence-electron chi connectivity index (χ2n) is 6.02. The van der Waals surface area contributed by atoms with Gasteiger partial charge < -0.3 is 9.88 Å². The van der Waals surface area contributed by atoms with E-state index in [4.69, 9.17) is 4.98 Å². The molecule has 1 aromatic carbocycles. The van der Waals surface area contributed by atoms with Crippen molar-refractivity contribution in [1.29, 1.82) is 0 Å². The molecule has 0 unspecified atom stereocenters. The minimum absolute atomic E-state index is 0.187. The van der Waals surface area contributed by atoms with Gasteiger partial charge in [0.15, 0.2) is 0 Å². The standard InChI is InChI=1S/C16H22FN3/c1-11(2)20-15-10-13(17)3-4-14(15)19-16(20)9-12-5-7-18-8-6-12/h3-4,10-12,18H,5-9H2,1-2H3. The molecule has 0 aliphatic carbocycles. The molecular formula is C16H22FN3. The van der Waals surface area contributed by atoms with Crippen molar-refractivity contribution < 1.29 is 4.39 Å². The fraction of sp³-hybridized carbons (Fsp3) is 0.562. The van der Waals surface area contributed by atoms with Gasteiger partial charge in [-0.25, -0.2) is 9.37 Å². The van der Waals surface area contributed by atoms with Gasteiger partial charge in [-0.2, -0.15) is 0 Å². The Morgan fingerprint density at radius 2 is 2.10 bits per heavy atom. The summed E-state index contributed by atoms with van der Waals surface area (Å²) in [5.41, 5.74) is 1.83. The van der Waals surface area contributed by atoms with Crippen LogP contribution in [0.1, 0.15) is 38.6 Å². The summed E-state index contributed by atoms with van der Waals surface area (Å²) in [6.07, 6.45) is 3.40. The van der Waals surface area contributed by atoms with E-state index in [2.05, 4.69) is 23.7 Å². The van der Waals surface area contributed by atoms with Gasteiger partial charge in [0.05, 0.1) is 11.0 Å². The average Bonchev–Trinajstić information content (AvgIpc) is 2.77. The highest BCUT2D eigenvalue weighted by molar-refractivity contribution is 5.76. The van der Waals surface area contributed by atoms with Crippen LogP contribution in [0.4, 0.5) is 4.39 Å². The van der Waals surface area contributed by atoms with E-state index in [1.807, 2.05) is 0 Å². The van der Waals surface area contributed by atoms with Crippen LogP contribution in [-0.4, -0.2) is 22.6 Å². The fourth-order valence-corrected chi connectivity index (χ4v) is 3.18. The van der Waals surface area contributed by atoms with Gasteiger partial charge in [-0.05, 0) is 63.9 Å². The molecule has 0 spiro atoms. The molecule has 2 heterocycles. The maximum absolute atomic E-state index is 13.5. The second-order valence-corrected chi connectivity index (χ2v) is 6.02. The number of nitrogens with zero attached hydrogens (tertiary/aromatic N) is 2. The van der Waals surface area contributed by atoms with Crippen molar-refractivity contribution in [3.63, 3.8) is 0 Å². The minimum Gasteiger partial charge on any atom is -0.325 e. The van der Waals surface area contributed by atoms with Gasteiger partial charge in [-0.15, -0.1) is 0 Å². The van der Waals surface area contributed by atoms with E-state index in [-0.39, 0.29) is 5.82 Å². The molecular weight excluding hydrogens is 253 g/mol. The van der Waals surface area contributed by atoms with Crippen molar-refractivity contribution in [2.45, 2.75) is 39.2 Å². The zero-order valence-corrected chi connectivity index (χ0v) is 12.2. The van der Waals surface area contributed by atoms with Gasteiger partial charge in [0.1, 0.15) is 11.6 Å². The van der Waals surface area contributed by atoms with Gasteiger partial charge in [0, 0.05) is 12.5 Å². The minimum atomic E-state index is -0.187. The largest absolute Gasteiger partial charge is 0.325 e. The van der Waals surface area contributed by atoms with E-state index in [1.54, 1.807) is 12.1 Å². The number of halogens is 1. The third kappa shape index (κ3) is 2.57. The summed E-state index contributed by atoms with van der Waals surface area (Å²) in [6.45, 7) is 6.47. The van der Waals surface area contributed by atoms with E-state index in [1.165, 1.54) is 18.9 Å². The molecule has 1 N–H and O–H groups in total. The molecule has 0 radical (unpaired) electrons. The van der Waals surface area contributed by atoms with Crippen molar-refractivity contribution in [2.75, 3.05) is 13.1 Å². The molecule has 1 aromatic heterocycles. The number of rotatable bonds is 3. The molecule has 1 aliphatic heterocycles. The molecule has 2 aromatic rings. The molecule has 0 saturated carbocycles. The molecule has 0 amide bonds. The lowest BCUT2D eigenvalue weighted by molar-refractivity contribution is 0.361. The summed E-state index contributed by atoms with van der Waals surface area (Å²) in [7, 11) is 0. The van der Waals surface area contributed by atoms with Gasteiger partial charge in [0.25, 0.3) is 0 Å². The highest BCUT2D eigenvalue weighted by atomic mass is 19.1. The Morgan fingerprint density at radius 3 is 2.80 bits per heavy atom. The summed E-state index contributed by atoms with van der Waals surface area (Å²) in [5, 5.41) is 3.40. The van der Waals surface area contributed by atoms with Crippen molar-refractivity contribution in [3.05, 3.63) is 29.8 Å². The summed E-state index contributed by atoms with van der Waals surface area (Å²) < 4.78 is 15.7. The lowest BCUT2D eigenvalue weighted by Crippen LogP contribution is -2.29. The summed E-state index contributed by atoms with van der Waals surface area (Å²) in [6, 6.07) is 5.19. The van der Waals surface area contributed by atoms with E-state index in [0.717, 1.165) is 36.4 Å². The number of piperidine rings is 1. The van der Waals surface area contributed by atoms with Crippen molar-refractivity contribution in [2.24, 2.45) is 5.92 Å². The molecule has 3 nitrogen and oxygen atoms in total. The van der Waals surface area contributed by atoms with E-state index < -0.39 is 0 Å². The lowest BCUT2D eigenvalue weighted by atomic mass is 9.94. The summed E-state index contributed by atoms with van der Waals surface area (Å²) >= 11 is 0. The highest BCUT2D eigenvalue weighted by Gasteiger charge is 2.19. The molecule has 3 rings (SSSR count). The van der Waals surface area contributed by atoms with Gasteiger partial charge in [0.2, 0.25) is 0 Å². The predicted octanol–water partition coefficient (Wildman–Crippen LogP) is 3.30. The fourth-order valence-electron chi connectivity index (χ4n) is 3.18. The van der Waals surface area contributed by atoms with Crippen LogP contribution in [0, 0.1) is 11.7 Å². The number of imidazole rings is 1. The van der Waals surface area contributed by atoms with Crippen LogP contribution in [-0.2, 0) is 6.42 Å². The number of hydrogen-bond donors (Lipinski definition) is 1. The van der Waals surface area contributed by atoms with Crippen LogP contribution >= 0.6 is 0 Å². The Labute approximate surface area is 119 Å². The lowest BCUT2D eigenvalue weighted by Gasteiger charge is -2.23. The zero-order chi connectivity index (χ0) is 14.1. The number of nitrogens with one attached hydrogen (secondary N) is 1. The number of hydrogen-bond acceptors (Lipinski definition) is 2. The Balaban J connectivity index is 1.98. The highest BCUT2D eigenvalue weighted by Crippen LogP contribution is 2.25. The Hall–Kier alpha value is -1.42. The monoisotopic (exact) mass is 275 g/mol. The Bertz CT molecular complexity index is 597. The smallest absolute Gasteiger partial charge is 0.125 e. The third-order valence-electron chi connectivity index (χ3n) is 4.17. The SMILES string of the molecule is CC(C)n1c(CC2CCNCC2)nc2ccc(F)cc21.